The molecule has 0 spiro atoms. The summed E-state index contributed by atoms with van der Waals surface area (Å²) in [7, 11) is 0. The summed E-state index contributed by atoms with van der Waals surface area (Å²) in [6.45, 7) is 2.11. The molecule has 1 rings (SSSR count). The molecule has 0 saturated carbocycles. The Morgan fingerprint density at radius 3 is 2.92 bits per heavy atom. The van der Waals surface area contributed by atoms with Crippen molar-refractivity contribution in [1.29, 1.82) is 0 Å². The minimum atomic E-state index is 0.971. The molecule has 0 fully saturated rings. The Labute approximate surface area is 90.9 Å². The van der Waals surface area contributed by atoms with Crippen LogP contribution in [0.5, 0.6) is 0 Å². The molecule has 3 heteroatoms. The summed E-state index contributed by atoms with van der Waals surface area (Å²) < 4.78 is 2.05. The lowest BCUT2D eigenvalue weighted by Crippen LogP contribution is -1.91. The molecule has 0 nitrogen and oxygen atoms in total. The van der Waals surface area contributed by atoms with Crippen LogP contribution in [0.3, 0.4) is 0 Å². The smallest absolute Gasteiger partial charge is 0.0778 e. The van der Waals surface area contributed by atoms with Crippen LogP contribution >= 0.6 is 39.9 Å². The molecule has 0 aliphatic heterocycles. The van der Waals surface area contributed by atoms with Crippen LogP contribution in [0.2, 0.25) is 0 Å². The number of halogens is 1. The van der Waals surface area contributed by atoms with E-state index in [0.717, 1.165) is 20.0 Å². The fourth-order valence-electron chi connectivity index (χ4n) is 0.830. The van der Waals surface area contributed by atoms with E-state index >= 15 is 0 Å². The van der Waals surface area contributed by atoms with Crippen LogP contribution < -0.4 is 0 Å². The lowest BCUT2D eigenvalue weighted by molar-refractivity contribution is 1.54. The third-order valence-corrected chi connectivity index (χ3v) is 3.20. The fourth-order valence-corrected chi connectivity index (χ4v) is 2.27. The molecule has 0 aliphatic carbocycles. The van der Waals surface area contributed by atoms with E-state index < -0.39 is 0 Å². The van der Waals surface area contributed by atoms with Crippen molar-refractivity contribution in [3.05, 3.63) is 34.3 Å². The second kappa shape index (κ2) is 5.00. The van der Waals surface area contributed by atoms with E-state index in [1.807, 2.05) is 24.3 Å². The van der Waals surface area contributed by atoms with Gasteiger partial charge < -0.3 is 0 Å². The van der Waals surface area contributed by atoms with Crippen molar-refractivity contribution < 1.29 is 0 Å². The first-order valence-corrected chi connectivity index (χ1v) is 5.85. The number of thioether (sulfide) groups is 1. The molecule has 0 atom stereocenters. The zero-order chi connectivity index (χ0) is 8.97. The molecule has 0 aromatic heterocycles. The highest BCUT2D eigenvalue weighted by Crippen LogP contribution is 2.17. The van der Waals surface area contributed by atoms with E-state index in [9.17, 15) is 0 Å². The maximum absolute atomic E-state index is 5.22. The van der Waals surface area contributed by atoms with Gasteiger partial charge >= 0.3 is 0 Å². The standard InChI is InChI=1S/C9H9BrS2/c1-2-12-9(11)7-4-3-5-8(10)6-7/h3-6H,2H2,1H3. The molecule has 12 heavy (non-hydrogen) atoms. The number of hydrogen-bond donors (Lipinski definition) is 0. The van der Waals surface area contributed by atoms with Gasteiger partial charge in [0.2, 0.25) is 0 Å². The molecule has 64 valence electrons. The molecule has 0 amide bonds. The van der Waals surface area contributed by atoms with Gasteiger partial charge in [0.1, 0.15) is 0 Å². The van der Waals surface area contributed by atoms with Gasteiger partial charge in [0.25, 0.3) is 0 Å². The molecule has 0 N–H and O–H groups in total. The normalized spacial score (nSPS) is 9.83. The van der Waals surface area contributed by atoms with Gasteiger partial charge in [-0.3, -0.25) is 0 Å². The Morgan fingerprint density at radius 2 is 2.33 bits per heavy atom. The molecule has 0 bridgehead atoms. The van der Waals surface area contributed by atoms with Gasteiger partial charge in [-0.1, -0.05) is 47.2 Å². The average Bonchev–Trinajstić information content (AvgIpc) is 2.05. The number of hydrogen-bond acceptors (Lipinski definition) is 2. The van der Waals surface area contributed by atoms with Gasteiger partial charge in [0.05, 0.1) is 4.20 Å². The van der Waals surface area contributed by atoms with Gasteiger partial charge in [-0.05, 0) is 17.9 Å². The predicted octanol–water partition coefficient (Wildman–Crippen LogP) is 3.88. The minimum Gasteiger partial charge on any atom is -0.114 e. The van der Waals surface area contributed by atoms with E-state index in [4.69, 9.17) is 12.2 Å². The van der Waals surface area contributed by atoms with E-state index in [-0.39, 0.29) is 0 Å². The van der Waals surface area contributed by atoms with Crippen LogP contribution in [-0.4, -0.2) is 9.95 Å². The lowest BCUT2D eigenvalue weighted by Gasteiger charge is -2.01. The molecule has 1 aromatic carbocycles. The Bertz CT molecular complexity index is 284. The van der Waals surface area contributed by atoms with Crippen LogP contribution in [0.4, 0.5) is 0 Å². The summed E-state index contributed by atoms with van der Waals surface area (Å²) in [5.41, 5.74) is 1.13. The SMILES string of the molecule is CCSC(=S)c1cccc(Br)c1. The molecular weight excluding hydrogens is 252 g/mol. The number of rotatable bonds is 2. The van der Waals surface area contributed by atoms with Gasteiger partial charge in [0.15, 0.2) is 0 Å². The van der Waals surface area contributed by atoms with E-state index in [2.05, 4.69) is 22.9 Å². The Morgan fingerprint density at radius 1 is 1.58 bits per heavy atom. The van der Waals surface area contributed by atoms with Crippen LogP contribution in [0.1, 0.15) is 12.5 Å². The summed E-state index contributed by atoms with van der Waals surface area (Å²) in [5, 5.41) is 0. The van der Waals surface area contributed by atoms with E-state index in [0.29, 0.717) is 0 Å². The number of thiocarbonyl (C=S) groups is 1. The Hall–Kier alpha value is 0.140. The van der Waals surface area contributed by atoms with Crippen LogP contribution in [0.15, 0.2) is 28.7 Å². The van der Waals surface area contributed by atoms with Gasteiger partial charge in [0, 0.05) is 10.0 Å². The van der Waals surface area contributed by atoms with Crippen molar-refractivity contribution in [1.82, 2.24) is 0 Å². The highest BCUT2D eigenvalue weighted by Gasteiger charge is 1.99. The first kappa shape index (κ1) is 10.2. The lowest BCUT2D eigenvalue weighted by atomic mass is 10.2. The van der Waals surface area contributed by atoms with Crippen LogP contribution in [0.25, 0.3) is 0 Å². The predicted molar refractivity (Wildman–Crippen MR) is 64.0 cm³/mol. The quantitative estimate of drug-likeness (QED) is 0.741. The molecule has 0 saturated heterocycles. The average molecular weight is 261 g/mol. The van der Waals surface area contributed by atoms with Crippen molar-refractivity contribution >= 4 is 44.1 Å². The van der Waals surface area contributed by atoms with E-state index in [1.54, 1.807) is 11.8 Å². The van der Waals surface area contributed by atoms with E-state index in [1.165, 1.54) is 0 Å². The minimum absolute atomic E-state index is 0.971. The Balaban J connectivity index is 2.81. The summed E-state index contributed by atoms with van der Waals surface area (Å²) in [4.78, 5) is 0. The zero-order valence-corrected chi connectivity index (χ0v) is 9.93. The molecule has 1 aromatic rings. The Kier molecular flexibility index (Phi) is 4.26. The maximum atomic E-state index is 5.22. The highest BCUT2D eigenvalue weighted by atomic mass is 79.9. The second-order valence-corrected chi connectivity index (χ2v) is 5.09. The third-order valence-electron chi connectivity index (χ3n) is 1.34. The molecular formula is C9H9BrS2. The van der Waals surface area contributed by atoms with Gasteiger partial charge in [-0.2, -0.15) is 0 Å². The maximum Gasteiger partial charge on any atom is 0.0778 e. The van der Waals surface area contributed by atoms with Crippen LogP contribution in [0, 0.1) is 0 Å². The molecule has 0 unspecified atom stereocenters. The summed E-state index contributed by atoms with van der Waals surface area (Å²) in [6, 6.07) is 8.09. The first-order chi connectivity index (χ1) is 5.74. The van der Waals surface area contributed by atoms with Gasteiger partial charge in [-0.25, -0.2) is 0 Å². The zero-order valence-electron chi connectivity index (χ0n) is 6.71. The van der Waals surface area contributed by atoms with Gasteiger partial charge in [-0.15, -0.1) is 11.8 Å². The van der Waals surface area contributed by atoms with Crippen molar-refractivity contribution in [2.45, 2.75) is 6.92 Å². The van der Waals surface area contributed by atoms with Crippen molar-refractivity contribution in [3.8, 4) is 0 Å². The van der Waals surface area contributed by atoms with Crippen molar-refractivity contribution in [2.24, 2.45) is 0 Å². The monoisotopic (exact) mass is 260 g/mol. The molecule has 0 aliphatic rings. The second-order valence-electron chi connectivity index (χ2n) is 2.23. The first-order valence-electron chi connectivity index (χ1n) is 3.66. The molecule has 0 heterocycles. The van der Waals surface area contributed by atoms with Crippen molar-refractivity contribution in [3.63, 3.8) is 0 Å². The summed E-state index contributed by atoms with van der Waals surface area (Å²) >= 11 is 10.3. The summed E-state index contributed by atoms with van der Waals surface area (Å²) in [5.74, 6) is 1.03. The highest BCUT2D eigenvalue weighted by molar-refractivity contribution is 9.10. The summed E-state index contributed by atoms with van der Waals surface area (Å²) in [6.07, 6.45) is 0. The number of benzene rings is 1. The third kappa shape index (κ3) is 2.88. The fraction of sp³-hybridized carbons (Fsp3) is 0.222. The molecule has 0 radical (unpaired) electrons. The largest absolute Gasteiger partial charge is 0.114 e. The van der Waals surface area contributed by atoms with Crippen LogP contribution in [-0.2, 0) is 0 Å². The topological polar surface area (TPSA) is 0 Å². The van der Waals surface area contributed by atoms with Crippen molar-refractivity contribution in [2.75, 3.05) is 5.75 Å².